The smallest absolute Gasteiger partial charge is 0.306 e. The maximum absolute atomic E-state index is 11.6. The Balaban J connectivity index is 1.84. The van der Waals surface area contributed by atoms with E-state index in [-0.39, 0.29) is 5.97 Å². The van der Waals surface area contributed by atoms with Gasteiger partial charge in [-0.25, -0.2) is 0 Å². The summed E-state index contributed by atoms with van der Waals surface area (Å²) in [5.74, 6) is 0.682. The summed E-state index contributed by atoms with van der Waals surface area (Å²) in [6.07, 6.45) is 1.03. The third kappa shape index (κ3) is 4.78. The third-order valence-electron chi connectivity index (χ3n) is 2.95. The highest BCUT2D eigenvalue weighted by Gasteiger charge is 2.15. The Hall–Kier alpha value is -2.03. The van der Waals surface area contributed by atoms with E-state index >= 15 is 0 Å². The van der Waals surface area contributed by atoms with Crippen LogP contribution in [0.4, 0.5) is 0 Å². The van der Waals surface area contributed by atoms with Crippen LogP contribution in [0.25, 0.3) is 10.8 Å². The number of hydrogen-bond acceptors (Lipinski definition) is 3. The summed E-state index contributed by atoms with van der Waals surface area (Å²) in [6, 6.07) is 14.1. The molecule has 3 nitrogen and oxygen atoms in total. The van der Waals surface area contributed by atoms with Crippen molar-refractivity contribution in [3.63, 3.8) is 0 Å². The summed E-state index contributed by atoms with van der Waals surface area (Å²) < 4.78 is 11.1. The number of benzene rings is 2. The summed E-state index contributed by atoms with van der Waals surface area (Å²) in [5.41, 5.74) is -0.423. The molecule has 0 aliphatic carbocycles. The molecule has 0 saturated heterocycles. The number of esters is 1. The van der Waals surface area contributed by atoms with Gasteiger partial charge in [0.25, 0.3) is 0 Å². The van der Waals surface area contributed by atoms with E-state index in [1.807, 2.05) is 51.1 Å². The molecule has 0 saturated carbocycles. The molecule has 0 fully saturated rings. The normalized spacial score (nSPS) is 11.4. The molecule has 0 aromatic heterocycles. The Morgan fingerprint density at radius 2 is 1.76 bits per heavy atom. The summed E-state index contributed by atoms with van der Waals surface area (Å²) >= 11 is 0. The predicted molar refractivity (Wildman–Crippen MR) is 84.5 cm³/mol. The summed E-state index contributed by atoms with van der Waals surface area (Å²) in [6.45, 7) is 6.12. The second-order valence-corrected chi connectivity index (χ2v) is 6.02. The van der Waals surface area contributed by atoms with Crippen LogP contribution in [0.1, 0.15) is 33.6 Å². The first kappa shape index (κ1) is 15.4. The van der Waals surface area contributed by atoms with Gasteiger partial charge in [-0.15, -0.1) is 0 Å². The minimum Gasteiger partial charge on any atom is -0.493 e. The third-order valence-corrected chi connectivity index (χ3v) is 2.95. The van der Waals surface area contributed by atoms with Crippen LogP contribution in [-0.2, 0) is 9.53 Å². The lowest BCUT2D eigenvalue weighted by Crippen LogP contribution is -2.23. The van der Waals surface area contributed by atoms with Gasteiger partial charge in [0.05, 0.1) is 6.61 Å². The van der Waals surface area contributed by atoms with Crippen LogP contribution in [-0.4, -0.2) is 18.2 Å². The molecule has 21 heavy (non-hydrogen) atoms. The van der Waals surface area contributed by atoms with Crippen molar-refractivity contribution in [2.75, 3.05) is 6.61 Å². The van der Waals surface area contributed by atoms with Crippen LogP contribution >= 0.6 is 0 Å². The van der Waals surface area contributed by atoms with Crippen LogP contribution in [0.3, 0.4) is 0 Å². The van der Waals surface area contributed by atoms with Crippen LogP contribution in [0.2, 0.25) is 0 Å². The molecule has 2 rings (SSSR count). The maximum atomic E-state index is 11.6. The Bertz CT molecular complexity index is 606. The molecular weight excluding hydrogens is 264 g/mol. The summed E-state index contributed by atoms with van der Waals surface area (Å²) in [7, 11) is 0. The second kappa shape index (κ2) is 6.61. The fraction of sp³-hybridized carbons (Fsp3) is 0.389. The van der Waals surface area contributed by atoms with Crippen molar-refractivity contribution in [2.24, 2.45) is 0 Å². The Morgan fingerprint density at radius 3 is 2.52 bits per heavy atom. The van der Waals surface area contributed by atoms with E-state index in [2.05, 4.69) is 12.1 Å². The molecular formula is C18H22O3. The summed E-state index contributed by atoms with van der Waals surface area (Å²) in [4.78, 5) is 11.6. The molecule has 0 aliphatic heterocycles. The molecule has 0 N–H and O–H groups in total. The van der Waals surface area contributed by atoms with Crippen molar-refractivity contribution < 1.29 is 14.3 Å². The molecule has 0 unspecified atom stereocenters. The second-order valence-electron chi connectivity index (χ2n) is 6.02. The zero-order valence-corrected chi connectivity index (χ0v) is 12.9. The van der Waals surface area contributed by atoms with Crippen LogP contribution in [0.5, 0.6) is 5.75 Å². The molecule has 0 spiro atoms. The number of hydrogen-bond donors (Lipinski definition) is 0. The summed E-state index contributed by atoms with van der Waals surface area (Å²) in [5, 5.41) is 2.25. The molecule has 3 heteroatoms. The van der Waals surface area contributed by atoms with Crippen molar-refractivity contribution in [1.29, 1.82) is 0 Å². The number of carbonyl (C=O) groups is 1. The van der Waals surface area contributed by atoms with Crippen molar-refractivity contribution in [2.45, 2.75) is 39.2 Å². The molecule has 2 aromatic carbocycles. The van der Waals surface area contributed by atoms with E-state index in [0.717, 1.165) is 16.5 Å². The van der Waals surface area contributed by atoms with Gasteiger partial charge in [0.1, 0.15) is 11.4 Å². The highest BCUT2D eigenvalue weighted by atomic mass is 16.6. The zero-order chi connectivity index (χ0) is 15.3. The molecule has 0 atom stereocenters. The van der Waals surface area contributed by atoms with Gasteiger partial charge in [-0.05, 0) is 38.6 Å². The molecule has 2 aromatic rings. The molecule has 0 amide bonds. The average molecular weight is 286 g/mol. The first-order chi connectivity index (χ1) is 9.96. The van der Waals surface area contributed by atoms with E-state index in [4.69, 9.17) is 9.47 Å². The quantitative estimate of drug-likeness (QED) is 0.606. The molecule has 0 radical (unpaired) electrons. The van der Waals surface area contributed by atoms with Gasteiger partial charge in [0, 0.05) is 11.8 Å². The minimum absolute atomic E-state index is 0.177. The Morgan fingerprint density at radius 1 is 1.05 bits per heavy atom. The first-order valence-electron chi connectivity index (χ1n) is 7.28. The average Bonchev–Trinajstić information content (AvgIpc) is 2.42. The molecule has 112 valence electrons. The standard InChI is InChI=1S/C18H22O3/c1-18(2,3)21-17(19)12-7-13-20-16-11-6-9-14-8-4-5-10-15(14)16/h4-6,8-11H,7,12-13H2,1-3H3. The number of fused-ring (bicyclic) bond motifs is 1. The monoisotopic (exact) mass is 286 g/mol. The van der Waals surface area contributed by atoms with Crippen LogP contribution < -0.4 is 4.74 Å². The van der Waals surface area contributed by atoms with Crippen molar-refractivity contribution >= 4 is 16.7 Å². The highest BCUT2D eigenvalue weighted by Crippen LogP contribution is 2.25. The topological polar surface area (TPSA) is 35.5 Å². The van der Waals surface area contributed by atoms with Crippen LogP contribution in [0, 0.1) is 0 Å². The first-order valence-corrected chi connectivity index (χ1v) is 7.28. The van der Waals surface area contributed by atoms with Gasteiger partial charge in [-0.1, -0.05) is 36.4 Å². The lowest BCUT2D eigenvalue weighted by molar-refractivity contribution is -0.155. The van der Waals surface area contributed by atoms with Gasteiger partial charge in [-0.3, -0.25) is 4.79 Å². The predicted octanol–water partition coefficient (Wildman–Crippen LogP) is 4.34. The van der Waals surface area contributed by atoms with Crippen molar-refractivity contribution in [3.05, 3.63) is 42.5 Å². The SMILES string of the molecule is CC(C)(C)OC(=O)CCCOc1cccc2ccccc12. The van der Waals surface area contributed by atoms with E-state index in [9.17, 15) is 4.79 Å². The zero-order valence-electron chi connectivity index (χ0n) is 12.9. The fourth-order valence-electron chi connectivity index (χ4n) is 2.11. The van der Waals surface area contributed by atoms with Crippen molar-refractivity contribution in [3.8, 4) is 5.75 Å². The van der Waals surface area contributed by atoms with Crippen LogP contribution in [0.15, 0.2) is 42.5 Å². The number of carbonyl (C=O) groups excluding carboxylic acids is 1. The lowest BCUT2D eigenvalue weighted by Gasteiger charge is -2.19. The molecule has 0 heterocycles. The van der Waals surface area contributed by atoms with E-state index in [1.54, 1.807) is 0 Å². The Kier molecular flexibility index (Phi) is 4.84. The van der Waals surface area contributed by atoms with Gasteiger partial charge in [-0.2, -0.15) is 0 Å². The van der Waals surface area contributed by atoms with E-state index in [0.29, 0.717) is 19.4 Å². The Labute approximate surface area is 125 Å². The lowest BCUT2D eigenvalue weighted by atomic mass is 10.1. The van der Waals surface area contributed by atoms with E-state index in [1.165, 1.54) is 0 Å². The maximum Gasteiger partial charge on any atom is 0.306 e. The molecule has 0 aliphatic rings. The minimum atomic E-state index is -0.423. The van der Waals surface area contributed by atoms with Gasteiger partial charge in [0.15, 0.2) is 0 Å². The highest BCUT2D eigenvalue weighted by molar-refractivity contribution is 5.88. The van der Waals surface area contributed by atoms with Gasteiger partial charge < -0.3 is 9.47 Å². The van der Waals surface area contributed by atoms with Gasteiger partial charge >= 0.3 is 5.97 Å². The fourth-order valence-corrected chi connectivity index (χ4v) is 2.11. The van der Waals surface area contributed by atoms with E-state index < -0.39 is 5.60 Å². The molecule has 0 bridgehead atoms. The number of rotatable bonds is 5. The largest absolute Gasteiger partial charge is 0.493 e. The van der Waals surface area contributed by atoms with Crippen molar-refractivity contribution in [1.82, 2.24) is 0 Å². The van der Waals surface area contributed by atoms with Gasteiger partial charge in [0.2, 0.25) is 0 Å². The number of ether oxygens (including phenoxy) is 2.